The normalized spacial score (nSPS) is 11.8. The Morgan fingerprint density at radius 3 is 2.65 bits per heavy atom. The third kappa shape index (κ3) is 3.08. The summed E-state index contributed by atoms with van der Waals surface area (Å²) in [5.74, 6) is -1.09. The van der Waals surface area contributed by atoms with Gasteiger partial charge in [-0.1, -0.05) is 11.6 Å². The first-order chi connectivity index (χ1) is 12.1. The van der Waals surface area contributed by atoms with E-state index in [0.717, 1.165) is 5.56 Å². The van der Waals surface area contributed by atoms with Crippen molar-refractivity contribution >= 4 is 45.7 Å². The Hall–Kier alpha value is -2.38. The number of nitrogens with two attached hydrogens (primary N) is 1. The number of amides is 1. The van der Waals surface area contributed by atoms with E-state index in [0.29, 0.717) is 20.9 Å². The number of carbonyl (C=O) groups is 2. The first-order valence-corrected chi connectivity index (χ1v) is 9.14. The number of aromatic nitrogens is 2. The molecule has 3 aromatic heterocycles. The number of hydrogen-bond acceptors (Lipinski definition) is 5. The zero-order valence-electron chi connectivity index (χ0n) is 14.5. The molecule has 0 spiro atoms. The van der Waals surface area contributed by atoms with Crippen molar-refractivity contribution in [3.05, 3.63) is 44.7 Å². The van der Waals surface area contributed by atoms with Crippen molar-refractivity contribution < 1.29 is 14.7 Å². The van der Waals surface area contributed by atoms with Gasteiger partial charge in [-0.3, -0.25) is 14.6 Å². The molecule has 0 fully saturated rings. The molecule has 3 heterocycles. The molecule has 3 aromatic rings. The molecule has 0 aromatic carbocycles. The molecule has 3 rings (SSSR count). The third-order valence-corrected chi connectivity index (χ3v) is 5.50. The first kappa shape index (κ1) is 18.4. The van der Waals surface area contributed by atoms with Crippen molar-refractivity contribution in [1.82, 2.24) is 9.55 Å². The number of ketones is 1. The van der Waals surface area contributed by atoms with E-state index >= 15 is 0 Å². The Morgan fingerprint density at radius 2 is 2.08 bits per heavy atom. The monoisotopic (exact) mass is 391 g/mol. The average molecular weight is 392 g/mol. The second-order valence-corrected chi connectivity index (χ2v) is 8.22. The Bertz CT molecular complexity index is 1040. The predicted molar refractivity (Wildman–Crippen MR) is 102 cm³/mol. The minimum Gasteiger partial charge on any atom is -0.494 e. The smallest absolute Gasteiger partial charge is 0.224 e. The molecule has 0 saturated heterocycles. The summed E-state index contributed by atoms with van der Waals surface area (Å²) in [6.07, 6.45) is 1.42. The number of fused-ring (bicyclic) bond motifs is 1. The molecular weight excluding hydrogens is 374 g/mol. The summed E-state index contributed by atoms with van der Waals surface area (Å²) in [7, 11) is 0. The van der Waals surface area contributed by atoms with E-state index in [2.05, 4.69) is 4.98 Å². The van der Waals surface area contributed by atoms with Crippen molar-refractivity contribution in [2.75, 3.05) is 0 Å². The SMILES string of the molecule is Cc1csc(C(=O)c2c(O)n(CC(C)(C)C(N)=O)c3cc(Cl)cnc23)c1. The Morgan fingerprint density at radius 1 is 1.38 bits per heavy atom. The van der Waals surface area contributed by atoms with Gasteiger partial charge in [-0.05, 0) is 43.8 Å². The van der Waals surface area contributed by atoms with Gasteiger partial charge in [-0.25, -0.2) is 0 Å². The maximum Gasteiger partial charge on any atom is 0.224 e. The average Bonchev–Trinajstić information content (AvgIpc) is 3.09. The van der Waals surface area contributed by atoms with E-state index in [9.17, 15) is 14.7 Å². The van der Waals surface area contributed by atoms with Crippen LogP contribution in [-0.2, 0) is 11.3 Å². The maximum atomic E-state index is 13.0. The molecule has 0 aliphatic carbocycles. The van der Waals surface area contributed by atoms with Crippen LogP contribution in [0.5, 0.6) is 5.88 Å². The van der Waals surface area contributed by atoms with Crippen LogP contribution in [0.4, 0.5) is 0 Å². The van der Waals surface area contributed by atoms with Gasteiger partial charge in [-0.15, -0.1) is 11.3 Å². The summed E-state index contributed by atoms with van der Waals surface area (Å²) in [5, 5.41) is 13.0. The Kier molecular flexibility index (Phi) is 4.54. The number of primary amides is 1. The van der Waals surface area contributed by atoms with Crippen molar-refractivity contribution in [1.29, 1.82) is 0 Å². The quantitative estimate of drug-likeness (QED) is 0.650. The highest BCUT2D eigenvalue weighted by atomic mass is 35.5. The van der Waals surface area contributed by atoms with E-state index in [1.165, 1.54) is 22.1 Å². The standard InChI is InChI=1S/C18H18ClN3O3S/c1-9-4-12(26-7-9)15(23)13-14-11(5-10(19)6-21-14)22(16(13)24)8-18(2,3)17(20)25/h4-7,24H,8H2,1-3H3,(H2,20,25). The zero-order valence-corrected chi connectivity index (χ0v) is 16.1. The molecule has 3 N–H and O–H groups in total. The maximum absolute atomic E-state index is 13.0. The Labute approximate surface area is 159 Å². The van der Waals surface area contributed by atoms with E-state index in [-0.39, 0.29) is 23.8 Å². The van der Waals surface area contributed by atoms with Crippen LogP contribution >= 0.6 is 22.9 Å². The number of pyridine rings is 1. The molecule has 0 saturated carbocycles. The third-order valence-electron chi connectivity index (χ3n) is 4.24. The number of aryl methyl sites for hydroxylation is 1. The van der Waals surface area contributed by atoms with Crippen LogP contribution in [0.1, 0.15) is 34.6 Å². The fourth-order valence-corrected chi connectivity index (χ4v) is 3.69. The summed E-state index contributed by atoms with van der Waals surface area (Å²) in [4.78, 5) is 29.4. The lowest BCUT2D eigenvalue weighted by Crippen LogP contribution is -2.35. The first-order valence-electron chi connectivity index (χ1n) is 7.88. The minimum atomic E-state index is -0.939. The number of carbonyl (C=O) groups excluding carboxylic acids is 2. The minimum absolute atomic E-state index is 0.0867. The lowest BCUT2D eigenvalue weighted by Gasteiger charge is -2.22. The van der Waals surface area contributed by atoms with E-state index < -0.39 is 11.3 Å². The second kappa shape index (κ2) is 6.41. The molecule has 26 heavy (non-hydrogen) atoms. The zero-order chi connectivity index (χ0) is 19.2. The predicted octanol–water partition coefficient (Wildman–Crippen LogP) is 3.51. The van der Waals surface area contributed by atoms with Gasteiger partial charge in [0.2, 0.25) is 17.6 Å². The number of hydrogen-bond donors (Lipinski definition) is 2. The van der Waals surface area contributed by atoms with Gasteiger partial charge in [0.25, 0.3) is 0 Å². The van der Waals surface area contributed by atoms with Gasteiger partial charge in [-0.2, -0.15) is 0 Å². The van der Waals surface area contributed by atoms with Crippen molar-refractivity contribution in [3.8, 4) is 5.88 Å². The fraction of sp³-hybridized carbons (Fsp3) is 0.278. The molecular formula is C18H18ClN3O3S. The molecule has 0 radical (unpaired) electrons. The van der Waals surface area contributed by atoms with Crippen molar-refractivity contribution in [2.45, 2.75) is 27.3 Å². The molecule has 136 valence electrons. The second-order valence-electron chi connectivity index (χ2n) is 6.87. The molecule has 0 unspecified atom stereocenters. The molecule has 6 nitrogen and oxygen atoms in total. The van der Waals surface area contributed by atoms with E-state index in [1.807, 2.05) is 12.3 Å². The summed E-state index contributed by atoms with van der Waals surface area (Å²) < 4.78 is 1.46. The number of thiophene rings is 1. The summed E-state index contributed by atoms with van der Waals surface area (Å²) >= 11 is 7.36. The van der Waals surface area contributed by atoms with E-state index in [4.69, 9.17) is 17.3 Å². The van der Waals surface area contributed by atoms with Gasteiger partial charge < -0.3 is 15.4 Å². The van der Waals surface area contributed by atoms with Crippen LogP contribution < -0.4 is 5.73 Å². The van der Waals surface area contributed by atoms with Gasteiger partial charge in [0.1, 0.15) is 11.1 Å². The topological polar surface area (TPSA) is 98.2 Å². The molecule has 0 aliphatic heterocycles. The van der Waals surface area contributed by atoms with Gasteiger partial charge in [0, 0.05) is 12.7 Å². The van der Waals surface area contributed by atoms with Gasteiger partial charge >= 0.3 is 0 Å². The highest BCUT2D eigenvalue weighted by molar-refractivity contribution is 7.12. The lowest BCUT2D eigenvalue weighted by molar-refractivity contribution is -0.126. The molecule has 0 bridgehead atoms. The number of halogens is 1. The summed E-state index contributed by atoms with van der Waals surface area (Å²) in [6.45, 7) is 5.32. The lowest BCUT2D eigenvalue weighted by atomic mass is 9.92. The molecule has 0 atom stereocenters. The van der Waals surface area contributed by atoms with Crippen LogP contribution in [0.2, 0.25) is 5.02 Å². The van der Waals surface area contributed by atoms with Crippen molar-refractivity contribution in [2.24, 2.45) is 11.1 Å². The largest absolute Gasteiger partial charge is 0.494 e. The van der Waals surface area contributed by atoms with Crippen LogP contribution in [0.3, 0.4) is 0 Å². The summed E-state index contributed by atoms with van der Waals surface area (Å²) in [6, 6.07) is 3.37. The summed E-state index contributed by atoms with van der Waals surface area (Å²) in [5.41, 5.74) is 6.39. The molecule has 8 heteroatoms. The van der Waals surface area contributed by atoms with Crippen LogP contribution in [0.15, 0.2) is 23.7 Å². The van der Waals surface area contributed by atoms with Crippen LogP contribution in [0.25, 0.3) is 11.0 Å². The van der Waals surface area contributed by atoms with E-state index in [1.54, 1.807) is 26.0 Å². The number of aromatic hydroxyl groups is 1. The highest BCUT2D eigenvalue weighted by Crippen LogP contribution is 2.36. The molecule has 1 amide bonds. The number of rotatable bonds is 5. The van der Waals surface area contributed by atoms with Crippen LogP contribution in [-0.4, -0.2) is 26.3 Å². The number of nitrogens with zero attached hydrogens (tertiary/aromatic N) is 2. The molecule has 0 aliphatic rings. The highest BCUT2D eigenvalue weighted by Gasteiger charge is 2.31. The van der Waals surface area contributed by atoms with Crippen molar-refractivity contribution in [3.63, 3.8) is 0 Å². The fourth-order valence-electron chi connectivity index (χ4n) is 2.70. The van der Waals surface area contributed by atoms with Gasteiger partial charge in [0.15, 0.2) is 0 Å². The van der Waals surface area contributed by atoms with Crippen LogP contribution in [0, 0.1) is 12.3 Å². The Balaban J connectivity index is 2.23. The van der Waals surface area contributed by atoms with Gasteiger partial charge in [0.05, 0.1) is 20.8 Å².